The van der Waals surface area contributed by atoms with Crippen molar-refractivity contribution < 1.29 is 0 Å². The fourth-order valence-electron chi connectivity index (χ4n) is 3.08. The highest BCUT2D eigenvalue weighted by molar-refractivity contribution is 5.04. The Morgan fingerprint density at radius 3 is 1.73 bits per heavy atom. The summed E-state index contributed by atoms with van der Waals surface area (Å²) in [5.74, 6) is 1.73. The van der Waals surface area contributed by atoms with Gasteiger partial charge in [-0.1, -0.05) is 41.5 Å². The Morgan fingerprint density at radius 1 is 1.18 bits per heavy atom. The second-order valence-electron chi connectivity index (χ2n) is 5.43. The van der Waals surface area contributed by atoms with Crippen molar-refractivity contribution in [2.24, 2.45) is 22.7 Å². The van der Waals surface area contributed by atoms with Crippen LogP contribution in [0.2, 0.25) is 0 Å². The zero-order valence-electron chi connectivity index (χ0n) is 8.86. The third-order valence-electron chi connectivity index (χ3n) is 4.50. The smallest absolute Gasteiger partial charge is 0.0226 e. The molecule has 0 aromatic heterocycles. The van der Waals surface area contributed by atoms with E-state index in [2.05, 4.69) is 41.5 Å². The first-order valence-electron chi connectivity index (χ1n) is 4.82. The second kappa shape index (κ2) is 2.24. The zero-order chi connectivity index (χ0) is 8.86. The van der Waals surface area contributed by atoms with Gasteiger partial charge in [-0.3, -0.25) is 0 Å². The Balaban J connectivity index is 2.83. The molecule has 1 rings (SSSR count). The van der Waals surface area contributed by atoms with Crippen LogP contribution < -0.4 is 0 Å². The molecule has 0 spiro atoms. The van der Waals surface area contributed by atoms with E-state index in [4.69, 9.17) is 0 Å². The predicted molar refractivity (Wildman–Crippen MR) is 50.5 cm³/mol. The molecule has 2 unspecified atom stereocenters. The molecule has 0 amide bonds. The Hall–Kier alpha value is 0. The summed E-state index contributed by atoms with van der Waals surface area (Å²) < 4.78 is 0. The van der Waals surface area contributed by atoms with Gasteiger partial charge in [0.25, 0.3) is 0 Å². The van der Waals surface area contributed by atoms with Gasteiger partial charge in [-0.2, -0.15) is 0 Å². The maximum atomic E-state index is 2.45. The summed E-state index contributed by atoms with van der Waals surface area (Å²) in [7, 11) is 0. The molecular formula is C11H22. The lowest BCUT2D eigenvalue weighted by molar-refractivity contribution is -0.133. The van der Waals surface area contributed by atoms with E-state index in [1.165, 1.54) is 6.42 Å². The molecule has 0 radical (unpaired) electrons. The summed E-state index contributed by atoms with van der Waals surface area (Å²) in [6, 6.07) is 0. The van der Waals surface area contributed by atoms with Gasteiger partial charge in [-0.25, -0.2) is 0 Å². The highest BCUT2D eigenvalue weighted by Gasteiger charge is 2.56. The van der Waals surface area contributed by atoms with Crippen LogP contribution in [0.5, 0.6) is 0 Å². The average molecular weight is 154 g/mol. The minimum Gasteiger partial charge on any atom is -0.0622 e. The standard InChI is InChI=1S/C11H22/c1-8(2)11(6)9(3)7-10(11,4)5/h8-9H,7H2,1-6H3. The number of hydrogen-bond donors (Lipinski definition) is 0. The van der Waals surface area contributed by atoms with Gasteiger partial charge in [0.15, 0.2) is 0 Å². The van der Waals surface area contributed by atoms with Crippen LogP contribution in [0.1, 0.15) is 48.0 Å². The van der Waals surface area contributed by atoms with Crippen LogP contribution in [0, 0.1) is 22.7 Å². The van der Waals surface area contributed by atoms with Crippen molar-refractivity contribution in [3.63, 3.8) is 0 Å². The lowest BCUT2D eigenvalue weighted by Gasteiger charge is -2.62. The predicted octanol–water partition coefficient (Wildman–Crippen LogP) is 3.71. The topological polar surface area (TPSA) is 0 Å². The molecule has 1 fully saturated rings. The van der Waals surface area contributed by atoms with Crippen molar-refractivity contribution in [3.05, 3.63) is 0 Å². The fourth-order valence-corrected chi connectivity index (χ4v) is 3.08. The van der Waals surface area contributed by atoms with Crippen molar-refractivity contribution in [1.82, 2.24) is 0 Å². The molecule has 0 aliphatic heterocycles. The molecule has 0 aromatic carbocycles. The van der Waals surface area contributed by atoms with Gasteiger partial charge < -0.3 is 0 Å². The molecule has 0 saturated heterocycles. The van der Waals surface area contributed by atoms with E-state index in [1.807, 2.05) is 0 Å². The number of hydrogen-bond acceptors (Lipinski definition) is 0. The van der Waals surface area contributed by atoms with Crippen molar-refractivity contribution in [1.29, 1.82) is 0 Å². The summed E-state index contributed by atoms with van der Waals surface area (Å²) in [6.07, 6.45) is 1.40. The molecule has 2 atom stereocenters. The van der Waals surface area contributed by atoms with Gasteiger partial charge >= 0.3 is 0 Å². The first-order chi connectivity index (χ1) is 4.82. The summed E-state index contributed by atoms with van der Waals surface area (Å²) in [5, 5.41) is 0. The van der Waals surface area contributed by atoms with Crippen molar-refractivity contribution >= 4 is 0 Å². The van der Waals surface area contributed by atoms with E-state index >= 15 is 0 Å². The van der Waals surface area contributed by atoms with Crippen LogP contribution >= 0.6 is 0 Å². The Kier molecular flexibility index (Phi) is 1.85. The Morgan fingerprint density at radius 2 is 1.64 bits per heavy atom. The molecule has 66 valence electrons. The van der Waals surface area contributed by atoms with Gasteiger partial charge in [0.1, 0.15) is 0 Å². The molecule has 0 heterocycles. The minimum atomic E-state index is 0.570. The van der Waals surface area contributed by atoms with E-state index in [0.717, 1.165) is 11.8 Å². The fraction of sp³-hybridized carbons (Fsp3) is 1.00. The SMILES string of the molecule is CC(C)C1(C)C(C)CC1(C)C. The maximum Gasteiger partial charge on any atom is -0.0226 e. The molecule has 1 aliphatic carbocycles. The van der Waals surface area contributed by atoms with Gasteiger partial charge in [-0.05, 0) is 29.1 Å². The van der Waals surface area contributed by atoms with Crippen molar-refractivity contribution in [2.75, 3.05) is 0 Å². The second-order valence-corrected chi connectivity index (χ2v) is 5.43. The molecular weight excluding hydrogens is 132 g/mol. The quantitative estimate of drug-likeness (QED) is 0.540. The van der Waals surface area contributed by atoms with E-state index in [-0.39, 0.29) is 0 Å². The molecule has 1 saturated carbocycles. The molecule has 0 N–H and O–H groups in total. The summed E-state index contributed by atoms with van der Waals surface area (Å²) >= 11 is 0. The summed E-state index contributed by atoms with van der Waals surface area (Å²) in [6.45, 7) is 14.4. The van der Waals surface area contributed by atoms with Gasteiger partial charge in [-0.15, -0.1) is 0 Å². The maximum absolute atomic E-state index is 2.45. The van der Waals surface area contributed by atoms with Crippen LogP contribution in [-0.4, -0.2) is 0 Å². The van der Waals surface area contributed by atoms with Gasteiger partial charge in [0.2, 0.25) is 0 Å². The van der Waals surface area contributed by atoms with Crippen LogP contribution in [0.25, 0.3) is 0 Å². The van der Waals surface area contributed by atoms with Crippen molar-refractivity contribution in [2.45, 2.75) is 48.0 Å². The molecule has 1 aliphatic rings. The van der Waals surface area contributed by atoms with E-state index in [0.29, 0.717) is 10.8 Å². The van der Waals surface area contributed by atoms with Crippen LogP contribution in [-0.2, 0) is 0 Å². The molecule has 0 heteroatoms. The Bertz CT molecular complexity index is 149. The molecule has 0 bridgehead atoms. The molecule has 0 aromatic rings. The van der Waals surface area contributed by atoms with Crippen LogP contribution in [0.4, 0.5) is 0 Å². The van der Waals surface area contributed by atoms with Crippen molar-refractivity contribution in [3.8, 4) is 0 Å². The lowest BCUT2D eigenvalue weighted by atomic mass is 9.43. The van der Waals surface area contributed by atoms with E-state index in [1.54, 1.807) is 0 Å². The summed E-state index contributed by atoms with van der Waals surface area (Å²) in [5.41, 5.74) is 1.15. The van der Waals surface area contributed by atoms with Crippen LogP contribution in [0.3, 0.4) is 0 Å². The first-order valence-corrected chi connectivity index (χ1v) is 4.82. The third kappa shape index (κ3) is 0.947. The summed E-state index contributed by atoms with van der Waals surface area (Å²) in [4.78, 5) is 0. The first kappa shape index (κ1) is 9.09. The van der Waals surface area contributed by atoms with Gasteiger partial charge in [0.05, 0.1) is 0 Å². The van der Waals surface area contributed by atoms with E-state index in [9.17, 15) is 0 Å². The Labute approximate surface area is 71.4 Å². The third-order valence-corrected chi connectivity index (χ3v) is 4.50. The highest BCUT2D eigenvalue weighted by atomic mass is 14.6. The largest absolute Gasteiger partial charge is 0.0622 e. The molecule has 11 heavy (non-hydrogen) atoms. The van der Waals surface area contributed by atoms with Crippen LogP contribution in [0.15, 0.2) is 0 Å². The average Bonchev–Trinajstić information content (AvgIpc) is 1.85. The minimum absolute atomic E-state index is 0.570. The lowest BCUT2D eigenvalue weighted by Crippen LogP contribution is -2.55. The number of rotatable bonds is 1. The van der Waals surface area contributed by atoms with E-state index < -0.39 is 0 Å². The monoisotopic (exact) mass is 154 g/mol. The normalized spacial score (nSPS) is 42.3. The van der Waals surface area contributed by atoms with Gasteiger partial charge in [0, 0.05) is 0 Å². The highest BCUT2D eigenvalue weighted by Crippen LogP contribution is 2.63. The molecule has 0 nitrogen and oxygen atoms in total. The zero-order valence-corrected chi connectivity index (χ0v) is 8.86.